The number of nitrogens with one attached hydrogen (secondary N) is 1. The van der Waals surface area contributed by atoms with Crippen molar-refractivity contribution in [3.63, 3.8) is 0 Å². The number of carbonyl (C=O) groups excluding carboxylic acids is 2. The molecule has 3 rings (SSSR count). The van der Waals surface area contributed by atoms with Gasteiger partial charge in [0.2, 0.25) is 5.91 Å². The average Bonchev–Trinajstić information content (AvgIpc) is 3.05. The number of amidine groups is 1. The number of benzene rings is 2. The van der Waals surface area contributed by atoms with Gasteiger partial charge in [-0.25, -0.2) is 0 Å². The third kappa shape index (κ3) is 5.34. The van der Waals surface area contributed by atoms with E-state index in [2.05, 4.69) is 10.3 Å². The van der Waals surface area contributed by atoms with Crippen molar-refractivity contribution in [3.05, 3.63) is 60.2 Å². The van der Waals surface area contributed by atoms with Crippen LogP contribution in [0.25, 0.3) is 0 Å². The summed E-state index contributed by atoms with van der Waals surface area (Å²) in [5.74, 6) is 0.758. The van der Waals surface area contributed by atoms with E-state index in [0.717, 1.165) is 17.0 Å². The van der Waals surface area contributed by atoms with Crippen LogP contribution in [-0.2, 0) is 9.59 Å². The molecule has 2 amide bonds. The molecule has 1 aliphatic heterocycles. The van der Waals surface area contributed by atoms with E-state index < -0.39 is 0 Å². The molecule has 1 heterocycles. The molecule has 0 saturated carbocycles. The maximum absolute atomic E-state index is 12.1. The van der Waals surface area contributed by atoms with Crippen molar-refractivity contribution >= 4 is 34.4 Å². The fraction of sp³-hybridized carbons (Fsp3) is 0.250. The lowest BCUT2D eigenvalue weighted by atomic mass is 10.2. The Bertz CT molecular complexity index is 822. The van der Waals surface area contributed by atoms with Crippen LogP contribution >= 0.6 is 11.8 Å². The lowest BCUT2D eigenvalue weighted by molar-refractivity contribution is -0.118. The van der Waals surface area contributed by atoms with Gasteiger partial charge in [-0.1, -0.05) is 47.7 Å². The first-order chi connectivity index (χ1) is 13.1. The van der Waals surface area contributed by atoms with Crippen molar-refractivity contribution in [2.45, 2.75) is 6.92 Å². The van der Waals surface area contributed by atoms with Gasteiger partial charge in [-0.3, -0.25) is 19.5 Å². The van der Waals surface area contributed by atoms with Crippen LogP contribution < -0.4 is 15.0 Å². The molecule has 0 fully saturated rings. The summed E-state index contributed by atoms with van der Waals surface area (Å²) >= 11 is 1.26. The molecular formula is C20H21N3O3S. The van der Waals surface area contributed by atoms with Crippen molar-refractivity contribution < 1.29 is 14.3 Å². The number of carbonyl (C=O) groups is 2. The van der Waals surface area contributed by atoms with Gasteiger partial charge >= 0.3 is 0 Å². The maximum Gasteiger partial charge on any atom is 0.254 e. The van der Waals surface area contributed by atoms with Crippen LogP contribution in [0.3, 0.4) is 0 Å². The molecule has 0 saturated heterocycles. The molecule has 1 aliphatic rings. The molecule has 2 aromatic carbocycles. The van der Waals surface area contributed by atoms with Gasteiger partial charge in [0.25, 0.3) is 5.91 Å². The van der Waals surface area contributed by atoms with E-state index in [1.165, 1.54) is 11.8 Å². The highest BCUT2D eigenvalue weighted by Gasteiger charge is 2.27. The normalized spacial score (nSPS) is 13.4. The molecule has 0 unspecified atom stereocenters. The Hall–Kier alpha value is -2.80. The monoisotopic (exact) mass is 383 g/mol. The number of para-hydroxylation sites is 1. The number of thioether (sulfide) groups is 1. The Morgan fingerprint density at radius 2 is 1.93 bits per heavy atom. The third-order valence-corrected chi connectivity index (χ3v) is 4.83. The summed E-state index contributed by atoms with van der Waals surface area (Å²) in [6.07, 6.45) is 0. The van der Waals surface area contributed by atoms with Crippen molar-refractivity contribution in [2.75, 3.05) is 30.3 Å². The van der Waals surface area contributed by atoms with E-state index in [0.29, 0.717) is 18.3 Å². The molecule has 1 N–H and O–H groups in total. The fourth-order valence-corrected chi connectivity index (χ4v) is 3.35. The van der Waals surface area contributed by atoms with Crippen LogP contribution in [0.2, 0.25) is 0 Å². The van der Waals surface area contributed by atoms with Crippen LogP contribution in [0.5, 0.6) is 5.75 Å². The van der Waals surface area contributed by atoms with Gasteiger partial charge in [0.1, 0.15) is 18.9 Å². The lowest BCUT2D eigenvalue weighted by Gasteiger charge is -2.18. The van der Waals surface area contributed by atoms with Gasteiger partial charge in [-0.15, -0.1) is 0 Å². The molecule has 0 radical (unpaired) electrons. The molecule has 7 heteroatoms. The number of rotatable bonds is 7. The number of hydrogen-bond acceptors (Lipinski definition) is 5. The fourth-order valence-electron chi connectivity index (χ4n) is 2.50. The van der Waals surface area contributed by atoms with Gasteiger partial charge in [-0.2, -0.15) is 0 Å². The van der Waals surface area contributed by atoms with E-state index >= 15 is 0 Å². The summed E-state index contributed by atoms with van der Waals surface area (Å²) in [6, 6.07) is 17.1. The highest BCUT2D eigenvalue weighted by atomic mass is 32.2. The minimum Gasteiger partial charge on any atom is -0.492 e. The maximum atomic E-state index is 12.1. The number of ether oxygens (including phenoxy) is 1. The number of amides is 2. The van der Waals surface area contributed by atoms with Gasteiger partial charge < -0.3 is 10.1 Å². The summed E-state index contributed by atoms with van der Waals surface area (Å²) in [5.41, 5.74) is 1.89. The van der Waals surface area contributed by atoms with Crippen molar-refractivity contribution in [1.29, 1.82) is 0 Å². The quantitative estimate of drug-likeness (QED) is 0.746. The summed E-state index contributed by atoms with van der Waals surface area (Å²) < 4.78 is 5.53. The molecule has 0 aliphatic carbocycles. The highest BCUT2D eigenvalue weighted by molar-refractivity contribution is 8.14. The van der Waals surface area contributed by atoms with E-state index in [4.69, 9.17) is 4.74 Å². The first-order valence-corrected chi connectivity index (χ1v) is 9.63. The molecular weight excluding hydrogens is 362 g/mol. The minimum atomic E-state index is -0.123. The van der Waals surface area contributed by atoms with Crippen LogP contribution in [0, 0.1) is 6.92 Å². The zero-order valence-corrected chi connectivity index (χ0v) is 15.9. The van der Waals surface area contributed by atoms with Crippen molar-refractivity contribution in [1.82, 2.24) is 5.32 Å². The van der Waals surface area contributed by atoms with Gasteiger partial charge in [0, 0.05) is 0 Å². The largest absolute Gasteiger partial charge is 0.492 e. The predicted molar refractivity (Wildman–Crippen MR) is 108 cm³/mol. The summed E-state index contributed by atoms with van der Waals surface area (Å²) in [4.78, 5) is 30.0. The average molecular weight is 383 g/mol. The highest BCUT2D eigenvalue weighted by Crippen LogP contribution is 2.24. The van der Waals surface area contributed by atoms with Crippen molar-refractivity contribution in [2.24, 2.45) is 4.99 Å². The summed E-state index contributed by atoms with van der Waals surface area (Å²) in [6.45, 7) is 2.92. The number of aryl methyl sites for hydroxylation is 1. The predicted octanol–water partition coefficient (Wildman–Crippen LogP) is 2.63. The van der Waals surface area contributed by atoms with Crippen LogP contribution in [0.1, 0.15) is 5.56 Å². The van der Waals surface area contributed by atoms with Crippen LogP contribution in [0.15, 0.2) is 59.6 Å². The van der Waals surface area contributed by atoms with E-state index in [-0.39, 0.29) is 24.1 Å². The second kappa shape index (κ2) is 9.23. The second-order valence-electron chi connectivity index (χ2n) is 5.96. The molecule has 140 valence electrons. The zero-order chi connectivity index (χ0) is 19.1. The molecule has 0 bridgehead atoms. The SMILES string of the molecule is Cc1ccc(N2C(=O)CN=C2SCC(=O)NCCOc2ccccc2)cc1. The Labute approximate surface area is 162 Å². The van der Waals surface area contributed by atoms with Gasteiger partial charge in [0.05, 0.1) is 18.0 Å². The summed E-state index contributed by atoms with van der Waals surface area (Å²) in [5, 5.41) is 3.36. The first kappa shape index (κ1) is 19.0. The first-order valence-electron chi connectivity index (χ1n) is 8.65. The van der Waals surface area contributed by atoms with Gasteiger partial charge in [-0.05, 0) is 31.2 Å². The summed E-state index contributed by atoms with van der Waals surface area (Å²) in [7, 11) is 0. The molecule has 0 atom stereocenters. The topological polar surface area (TPSA) is 71.0 Å². The minimum absolute atomic E-state index is 0.0852. The Morgan fingerprint density at radius 3 is 2.67 bits per heavy atom. The number of nitrogens with zero attached hydrogens (tertiary/aromatic N) is 2. The van der Waals surface area contributed by atoms with Gasteiger partial charge in [0.15, 0.2) is 5.17 Å². The molecule has 6 nitrogen and oxygen atoms in total. The smallest absolute Gasteiger partial charge is 0.254 e. The number of anilines is 1. The Morgan fingerprint density at radius 1 is 1.19 bits per heavy atom. The van der Waals surface area contributed by atoms with Crippen LogP contribution in [-0.4, -0.2) is 42.4 Å². The zero-order valence-electron chi connectivity index (χ0n) is 15.1. The number of hydrogen-bond donors (Lipinski definition) is 1. The molecule has 27 heavy (non-hydrogen) atoms. The third-order valence-electron chi connectivity index (χ3n) is 3.85. The Kier molecular flexibility index (Phi) is 6.49. The van der Waals surface area contributed by atoms with Crippen LogP contribution in [0.4, 0.5) is 5.69 Å². The van der Waals surface area contributed by atoms with E-state index in [1.54, 1.807) is 4.90 Å². The Balaban J connectivity index is 1.43. The lowest BCUT2D eigenvalue weighted by Crippen LogP contribution is -2.33. The molecule has 2 aromatic rings. The standard InChI is InChI=1S/C20H21N3O3S/c1-15-7-9-16(10-8-15)23-19(25)13-22-20(23)27-14-18(24)21-11-12-26-17-5-3-2-4-6-17/h2-10H,11-14H2,1H3,(H,21,24). The number of aliphatic imine (C=N–C) groups is 1. The van der Waals surface area contributed by atoms with Crippen molar-refractivity contribution in [3.8, 4) is 5.75 Å². The second-order valence-corrected chi connectivity index (χ2v) is 6.91. The van der Waals surface area contributed by atoms with E-state index in [1.807, 2.05) is 61.5 Å². The van der Waals surface area contributed by atoms with E-state index in [9.17, 15) is 9.59 Å². The molecule has 0 aromatic heterocycles. The molecule has 0 spiro atoms.